The number of halogens is 1. The first-order valence-corrected chi connectivity index (χ1v) is 6.58. The molecule has 0 unspecified atom stereocenters. The lowest BCUT2D eigenvalue weighted by Crippen LogP contribution is -2.22. The van der Waals surface area contributed by atoms with E-state index in [9.17, 15) is 0 Å². The predicted octanol–water partition coefficient (Wildman–Crippen LogP) is 4.50. The van der Waals surface area contributed by atoms with Gasteiger partial charge in [0.2, 0.25) is 0 Å². The number of benzene rings is 1. The van der Waals surface area contributed by atoms with Crippen LogP contribution >= 0.6 is 15.9 Å². The predicted molar refractivity (Wildman–Crippen MR) is 69.4 cm³/mol. The van der Waals surface area contributed by atoms with Crippen LogP contribution in [0.25, 0.3) is 0 Å². The first kappa shape index (κ1) is 11.0. The molecule has 1 aromatic carbocycles. The van der Waals surface area contributed by atoms with Crippen molar-refractivity contribution in [2.75, 3.05) is 5.32 Å². The fourth-order valence-corrected chi connectivity index (χ4v) is 2.60. The van der Waals surface area contributed by atoms with Gasteiger partial charge >= 0.3 is 0 Å². The SMILES string of the molecule is Cc1cccc(NC2CCCCC2)c1Br. The molecular formula is C13H18BrN. The highest BCUT2D eigenvalue weighted by molar-refractivity contribution is 9.10. The summed E-state index contributed by atoms with van der Waals surface area (Å²) in [5, 5.41) is 3.64. The molecule has 15 heavy (non-hydrogen) atoms. The lowest BCUT2D eigenvalue weighted by Gasteiger charge is -2.24. The third-order valence-corrected chi connectivity index (χ3v) is 4.21. The average molecular weight is 268 g/mol. The van der Waals surface area contributed by atoms with Crippen LogP contribution in [0.15, 0.2) is 22.7 Å². The largest absolute Gasteiger partial charge is 0.381 e. The lowest BCUT2D eigenvalue weighted by molar-refractivity contribution is 0.462. The van der Waals surface area contributed by atoms with Gasteiger partial charge in [-0.2, -0.15) is 0 Å². The molecule has 0 bridgehead atoms. The van der Waals surface area contributed by atoms with Crippen molar-refractivity contribution in [1.29, 1.82) is 0 Å². The van der Waals surface area contributed by atoms with Gasteiger partial charge in [-0.1, -0.05) is 31.4 Å². The van der Waals surface area contributed by atoms with Crippen molar-refractivity contribution in [1.82, 2.24) is 0 Å². The monoisotopic (exact) mass is 267 g/mol. The van der Waals surface area contributed by atoms with Crippen LogP contribution < -0.4 is 5.32 Å². The molecule has 0 spiro atoms. The Morgan fingerprint density at radius 3 is 2.67 bits per heavy atom. The van der Waals surface area contributed by atoms with E-state index in [0.29, 0.717) is 6.04 Å². The summed E-state index contributed by atoms with van der Waals surface area (Å²) in [4.78, 5) is 0. The molecular weight excluding hydrogens is 250 g/mol. The van der Waals surface area contributed by atoms with Crippen LogP contribution in [0.4, 0.5) is 5.69 Å². The van der Waals surface area contributed by atoms with Crippen molar-refractivity contribution in [3.05, 3.63) is 28.2 Å². The summed E-state index contributed by atoms with van der Waals surface area (Å²) in [6.07, 6.45) is 6.80. The second-order valence-corrected chi connectivity index (χ2v) is 5.21. The molecule has 1 aliphatic carbocycles. The first-order chi connectivity index (χ1) is 7.27. The maximum absolute atomic E-state index is 3.64. The highest BCUT2D eigenvalue weighted by atomic mass is 79.9. The minimum absolute atomic E-state index is 0.678. The zero-order chi connectivity index (χ0) is 10.7. The second kappa shape index (κ2) is 5.02. The molecule has 2 heteroatoms. The molecule has 1 N–H and O–H groups in total. The van der Waals surface area contributed by atoms with Crippen molar-refractivity contribution >= 4 is 21.6 Å². The minimum Gasteiger partial charge on any atom is -0.381 e. The summed E-state index contributed by atoms with van der Waals surface area (Å²) in [5.74, 6) is 0. The van der Waals surface area contributed by atoms with Gasteiger partial charge in [-0.25, -0.2) is 0 Å². The van der Waals surface area contributed by atoms with Crippen molar-refractivity contribution in [2.45, 2.75) is 45.1 Å². The van der Waals surface area contributed by atoms with Crippen molar-refractivity contribution < 1.29 is 0 Å². The molecule has 0 amide bonds. The zero-order valence-corrected chi connectivity index (χ0v) is 10.8. The molecule has 1 aromatic rings. The molecule has 1 fully saturated rings. The van der Waals surface area contributed by atoms with E-state index in [1.165, 1.54) is 47.8 Å². The minimum atomic E-state index is 0.678. The highest BCUT2D eigenvalue weighted by Crippen LogP contribution is 2.29. The van der Waals surface area contributed by atoms with Crippen LogP contribution in [0, 0.1) is 6.92 Å². The Bertz CT molecular complexity index is 329. The van der Waals surface area contributed by atoms with Gasteiger partial charge in [0.1, 0.15) is 0 Å². The summed E-state index contributed by atoms with van der Waals surface area (Å²) < 4.78 is 1.22. The Kier molecular flexibility index (Phi) is 3.68. The van der Waals surface area contributed by atoms with Gasteiger partial charge in [0.25, 0.3) is 0 Å². The molecule has 0 aliphatic heterocycles. The standard InChI is InChI=1S/C13H18BrN/c1-10-6-5-9-12(13(10)14)15-11-7-3-2-4-8-11/h5-6,9,11,15H,2-4,7-8H2,1H3. The average Bonchev–Trinajstić information content (AvgIpc) is 2.26. The van der Waals surface area contributed by atoms with Gasteiger partial charge in [-0.15, -0.1) is 0 Å². The maximum Gasteiger partial charge on any atom is 0.0489 e. The summed E-state index contributed by atoms with van der Waals surface area (Å²) in [6, 6.07) is 7.09. The number of rotatable bonds is 2. The van der Waals surface area contributed by atoms with Crippen LogP contribution in [-0.2, 0) is 0 Å². The first-order valence-electron chi connectivity index (χ1n) is 5.79. The summed E-state index contributed by atoms with van der Waals surface area (Å²) in [6.45, 7) is 2.14. The van der Waals surface area contributed by atoms with Crippen LogP contribution in [0.5, 0.6) is 0 Å². The quantitative estimate of drug-likeness (QED) is 0.832. The summed E-state index contributed by atoms with van der Waals surface area (Å²) in [5.41, 5.74) is 2.55. The Hall–Kier alpha value is -0.500. The molecule has 0 saturated heterocycles. The molecule has 82 valence electrons. The van der Waals surface area contributed by atoms with E-state index in [1.54, 1.807) is 0 Å². The van der Waals surface area contributed by atoms with Gasteiger partial charge in [0.05, 0.1) is 0 Å². The van der Waals surface area contributed by atoms with Crippen LogP contribution in [-0.4, -0.2) is 6.04 Å². The molecule has 0 radical (unpaired) electrons. The van der Waals surface area contributed by atoms with E-state index >= 15 is 0 Å². The maximum atomic E-state index is 3.64. The molecule has 0 atom stereocenters. The molecule has 0 heterocycles. The van der Waals surface area contributed by atoms with Crippen LogP contribution in [0.1, 0.15) is 37.7 Å². The van der Waals surface area contributed by atoms with E-state index in [-0.39, 0.29) is 0 Å². The number of anilines is 1. The van der Waals surface area contributed by atoms with E-state index in [0.717, 1.165) is 0 Å². The number of aryl methyl sites for hydroxylation is 1. The fraction of sp³-hybridized carbons (Fsp3) is 0.538. The van der Waals surface area contributed by atoms with Gasteiger partial charge in [-0.3, -0.25) is 0 Å². The normalized spacial score (nSPS) is 17.7. The van der Waals surface area contributed by atoms with E-state index in [4.69, 9.17) is 0 Å². The zero-order valence-electron chi connectivity index (χ0n) is 9.22. The van der Waals surface area contributed by atoms with E-state index in [2.05, 4.69) is 46.4 Å². The number of nitrogens with one attached hydrogen (secondary N) is 1. The lowest BCUT2D eigenvalue weighted by atomic mass is 9.95. The highest BCUT2D eigenvalue weighted by Gasteiger charge is 2.14. The molecule has 1 nitrogen and oxygen atoms in total. The number of hydrogen-bond donors (Lipinski definition) is 1. The smallest absolute Gasteiger partial charge is 0.0489 e. The van der Waals surface area contributed by atoms with Crippen molar-refractivity contribution in [3.63, 3.8) is 0 Å². The molecule has 1 saturated carbocycles. The Morgan fingerprint density at radius 2 is 1.93 bits per heavy atom. The molecule has 1 aliphatic rings. The Balaban J connectivity index is 2.06. The Morgan fingerprint density at radius 1 is 1.20 bits per heavy atom. The second-order valence-electron chi connectivity index (χ2n) is 4.42. The summed E-state index contributed by atoms with van der Waals surface area (Å²) >= 11 is 3.64. The fourth-order valence-electron chi connectivity index (χ4n) is 2.23. The van der Waals surface area contributed by atoms with Gasteiger partial charge in [0, 0.05) is 16.2 Å². The van der Waals surface area contributed by atoms with Crippen LogP contribution in [0.2, 0.25) is 0 Å². The van der Waals surface area contributed by atoms with E-state index < -0.39 is 0 Å². The Labute approximate surface area is 100 Å². The van der Waals surface area contributed by atoms with Gasteiger partial charge in [0.15, 0.2) is 0 Å². The summed E-state index contributed by atoms with van der Waals surface area (Å²) in [7, 11) is 0. The third kappa shape index (κ3) is 2.75. The molecule has 0 aromatic heterocycles. The van der Waals surface area contributed by atoms with Crippen LogP contribution in [0.3, 0.4) is 0 Å². The third-order valence-electron chi connectivity index (χ3n) is 3.16. The molecule has 2 rings (SSSR count). The van der Waals surface area contributed by atoms with Gasteiger partial charge < -0.3 is 5.32 Å². The topological polar surface area (TPSA) is 12.0 Å². The van der Waals surface area contributed by atoms with Crippen molar-refractivity contribution in [3.8, 4) is 0 Å². The van der Waals surface area contributed by atoms with Gasteiger partial charge in [-0.05, 0) is 47.3 Å². The van der Waals surface area contributed by atoms with E-state index in [1.807, 2.05) is 0 Å². The number of hydrogen-bond acceptors (Lipinski definition) is 1. The van der Waals surface area contributed by atoms with Crippen molar-refractivity contribution in [2.24, 2.45) is 0 Å².